The van der Waals surface area contributed by atoms with Gasteiger partial charge in [-0.2, -0.15) is 8.42 Å². The molecule has 1 aromatic rings. The minimum atomic E-state index is -3.95. The van der Waals surface area contributed by atoms with E-state index in [1.807, 2.05) is 6.92 Å². The molecule has 8 nitrogen and oxygen atoms in total. The van der Waals surface area contributed by atoms with Crippen LogP contribution in [0, 0.1) is 5.92 Å². The zero-order valence-electron chi connectivity index (χ0n) is 13.7. The molecule has 0 aromatic heterocycles. The Bertz CT molecular complexity index is 938. The number of anilines is 1. The van der Waals surface area contributed by atoms with Gasteiger partial charge in [0.15, 0.2) is 9.84 Å². The lowest BCUT2D eigenvalue weighted by atomic mass is 10.0. The maximum absolute atomic E-state index is 12.6. The zero-order valence-corrected chi connectivity index (χ0v) is 15.3. The normalized spacial score (nSPS) is 22.1. The molecular weight excluding hydrogens is 366 g/mol. The largest absolute Gasteiger partial charge is 0.345 e. The number of rotatable bonds is 3. The van der Waals surface area contributed by atoms with Gasteiger partial charge in [-0.15, -0.1) is 4.40 Å². The number of hydrogen-bond acceptors (Lipinski definition) is 6. The topological polar surface area (TPSA) is 113 Å². The van der Waals surface area contributed by atoms with E-state index in [4.69, 9.17) is 0 Å². The van der Waals surface area contributed by atoms with Crippen molar-refractivity contribution >= 4 is 37.8 Å². The van der Waals surface area contributed by atoms with E-state index in [2.05, 4.69) is 9.71 Å². The summed E-state index contributed by atoms with van der Waals surface area (Å²) in [6, 6.07) is 3.70. The molecule has 0 saturated carbocycles. The Morgan fingerprint density at radius 1 is 1.40 bits per heavy atom. The van der Waals surface area contributed by atoms with Gasteiger partial charge in [0.05, 0.1) is 10.6 Å². The fourth-order valence-electron chi connectivity index (χ4n) is 3.00. The minimum absolute atomic E-state index is 0.202. The molecule has 25 heavy (non-hydrogen) atoms. The first-order valence-corrected chi connectivity index (χ1v) is 11.0. The molecule has 10 heteroatoms. The highest BCUT2D eigenvalue weighted by molar-refractivity contribution is 7.92. The second-order valence-electron chi connectivity index (χ2n) is 6.36. The Kier molecular flexibility index (Phi) is 4.58. The number of likely N-dealkylation sites (tertiary alicyclic amines) is 1. The first-order chi connectivity index (χ1) is 11.7. The van der Waals surface area contributed by atoms with Gasteiger partial charge in [0.2, 0.25) is 5.91 Å². The molecule has 1 N–H and O–H groups in total. The number of sulfone groups is 1. The molecule has 0 unspecified atom stereocenters. The summed E-state index contributed by atoms with van der Waals surface area (Å²) < 4.78 is 52.4. The predicted molar refractivity (Wildman–Crippen MR) is 92.8 cm³/mol. The number of sulfonamides is 1. The van der Waals surface area contributed by atoms with Crippen LogP contribution in [0.15, 0.2) is 32.4 Å². The van der Waals surface area contributed by atoms with Crippen LogP contribution in [0.4, 0.5) is 5.69 Å². The first-order valence-electron chi connectivity index (χ1n) is 7.89. The molecule has 0 bridgehead atoms. The van der Waals surface area contributed by atoms with Crippen molar-refractivity contribution in [3.8, 4) is 0 Å². The molecule has 2 aliphatic heterocycles. The van der Waals surface area contributed by atoms with Crippen molar-refractivity contribution in [2.24, 2.45) is 10.3 Å². The number of piperidine rings is 1. The third-order valence-electron chi connectivity index (χ3n) is 4.32. The molecule has 2 heterocycles. The molecule has 0 aliphatic carbocycles. The Labute approximate surface area is 146 Å². The van der Waals surface area contributed by atoms with Crippen molar-refractivity contribution in [1.82, 2.24) is 4.90 Å². The third kappa shape index (κ3) is 3.69. The zero-order chi connectivity index (χ0) is 18.2. The Morgan fingerprint density at radius 3 is 2.88 bits per heavy atom. The molecule has 3 rings (SSSR count). The van der Waals surface area contributed by atoms with Crippen molar-refractivity contribution in [3.63, 3.8) is 0 Å². The highest BCUT2D eigenvalue weighted by atomic mass is 32.2. The van der Waals surface area contributed by atoms with Crippen molar-refractivity contribution in [1.29, 1.82) is 0 Å². The number of carbonyl (C=O) groups excluding carboxylic acids is 1. The summed E-state index contributed by atoms with van der Waals surface area (Å²) in [5, 5.41) is 2.65. The van der Waals surface area contributed by atoms with Gasteiger partial charge in [0, 0.05) is 13.1 Å². The highest BCUT2D eigenvalue weighted by Gasteiger charge is 2.29. The monoisotopic (exact) mass is 385 g/mol. The van der Waals surface area contributed by atoms with E-state index in [0.29, 0.717) is 19.0 Å². The third-order valence-corrected chi connectivity index (χ3v) is 7.20. The molecule has 1 atom stereocenters. The smallest absolute Gasteiger partial charge is 0.285 e. The van der Waals surface area contributed by atoms with Crippen LogP contribution in [0.5, 0.6) is 0 Å². The van der Waals surface area contributed by atoms with Crippen molar-refractivity contribution in [2.45, 2.75) is 29.6 Å². The standard InChI is InChI=1S/C15H19N3O5S2/c1-11-3-2-6-18(8-11)15(19)9-24(20,21)12-4-5-13-14(7-12)25(22,23)17-10-16-13/h4-5,7,10-11H,2-3,6,8-9H2,1H3,(H,16,17)/t11-/m0/s1. The van der Waals surface area contributed by atoms with E-state index < -0.39 is 31.5 Å². The summed E-state index contributed by atoms with van der Waals surface area (Å²) in [6.45, 7) is 3.12. The molecule has 2 aliphatic rings. The Hall–Kier alpha value is -1.94. The minimum Gasteiger partial charge on any atom is -0.345 e. The van der Waals surface area contributed by atoms with Crippen LogP contribution >= 0.6 is 0 Å². The lowest BCUT2D eigenvalue weighted by Crippen LogP contribution is -2.42. The average molecular weight is 385 g/mol. The van der Waals surface area contributed by atoms with Crippen LogP contribution < -0.4 is 5.32 Å². The van der Waals surface area contributed by atoms with Crippen LogP contribution in [0.2, 0.25) is 0 Å². The van der Waals surface area contributed by atoms with Crippen LogP contribution in [0.3, 0.4) is 0 Å². The molecule has 1 aromatic carbocycles. The quantitative estimate of drug-likeness (QED) is 0.826. The van der Waals surface area contributed by atoms with Gasteiger partial charge in [-0.25, -0.2) is 8.42 Å². The van der Waals surface area contributed by atoms with Crippen molar-refractivity contribution in [3.05, 3.63) is 18.2 Å². The number of hydrogen-bond donors (Lipinski definition) is 1. The summed E-state index contributed by atoms with van der Waals surface area (Å²) in [4.78, 5) is 13.5. The fourth-order valence-corrected chi connectivity index (χ4v) is 5.31. The number of fused-ring (bicyclic) bond motifs is 1. The van der Waals surface area contributed by atoms with Crippen LogP contribution in [-0.2, 0) is 24.7 Å². The summed E-state index contributed by atoms with van der Waals surface area (Å²) >= 11 is 0. The van der Waals surface area contributed by atoms with Gasteiger partial charge in [-0.3, -0.25) is 4.79 Å². The molecular formula is C15H19N3O5S2. The van der Waals surface area contributed by atoms with Crippen LogP contribution in [-0.4, -0.2) is 52.8 Å². The number of nitrogens with zero attached hydrogens (tertiary/aromatic N) is 2. The Morgan fingerprint density at radius 2 is 2.16 bits per heavy atom. The molecule has 0 radical (unpaired) electrons. The fraction of sp³-hybridized carbons (Fsp3) is 0.467. The summed E-state index contributed by atoms with van der Waals surface area (Å²) in [6.07, 6.45) is 2.91. The second kappa shape index (κ2) is 6.41. The summed E-state index contributed by atoms with van der Waals surface area (Å²) in [5.74, 6) is -0.781. The predicted octanol–water partition coefficient (Wildman–Crippen LogP) is 0.861. The van der Waals surface area contributed by atoms with E-state index in [9.17, 15) is 21.6 Å². The SMILES string of the molecule is C[C@H]1CCCN(C(=O)CS(=O)(=O)c2ccc3c(c2)S(=O)(=O)N=CN3)C1. The molecule has 1 fully saturated rings. The molecule has 1 amide bonds. The summed E-state index contributed by atoms with van der Waals surface area (Å²) in [5.41, 5.74) is 0.255. The van der Waals surface area contributed by atoms with Crippen molar-refractivity contribution < 1.29 is 21.6 Å². The van der Waals surface area contributed by atoms with Crippen molar-refractivity contribution in [2.75, 3.05) is 24.2 Å². The highest BCUT2D eigenvalue weighted by Crippen LogP contribution is 2.29. The number of nitrogens with one attached hydrogen (secondary N) is 1. The molecule has 0 spiro atoms. The van der Waals surface area contributed by atoms with E-state index in [1.54, 1.807) is 4.90 Å². The average Bonchev–Trinajstić information content (AvgIpc) is 2.54. The Balaban J connectivity index is 1.85. The van der Waals surface area contributed by atoms with E-state index in [0.717, 1.165) is 25.2 Å². The summed E-state index contributed by atoms with van der Waals surface area (Å²) in [7, 11) is -7.88. The maximum atomic E-state index is 12.6. The maximum Gasteiger partial charge on any atom is 0.285 e. The molecule has 136 valence electrons. The van der Waals surface area contributed by atoms with E-state index in [-0.39, 0.29) is 15.5 Å². The van der Waals surface area contributed by atoms with Crippen LogP contribution in [0.1, 0.15) is 19.8 Å². The lowest BCUT2D eigenvalue weighted by Gasteiger charge is -2.30. The van der Waals surface area contributed by atoms with E-state index >= 15 is 0 Å². The number of benzene rings is 1. The van der Waals surface area contributed by atoms with E-state index in [1.165, 1.54) is 12.1 Å². The molecule has 1 saturated heterocycles. The number of carbonyl (C=O) groups is 1. The van der Waals surface area contributed by atoms with Gasteiger partial charge in [-0.1, -0.05) is 6.92 Å². The van der Waals surface area contributed by atoms with Gasteiger partial charge in [0.1, 0.15) is 17.0 Å². The number of amides is 1. The van der Waals surface area contributed by atoms with Gasteiger partial charge in [0.25, 0.3) is 10.0 Å². The first kappa shape index (κ1) is 17.9. The lowest BCUT2D eigenvalue weighted by molar-refractivity contribution is -0.130. The van der Waals surface area contributed by atoms with Crippen LogP contribution in [0.25, 0.3) is 0 Å². The van der Waals surface area contributed by atoms with Gasteiger partial charge in [-0.05, 0) is 37.0 Å². The second-order valence-corrected chi connectivity index (χ2v) is 9.95. The van der Waals surface area contributed by atoms with Gasteiger partial charge >= 0.3 is 0 Å². The van der Waals surface area contributed by atoms with Gasteiger partial charge < -0.3 is 10.2 Å².